The second-order valence-corrected chi connectivity index (χ2v) is 5.80. The normalized spacial score (nSPS) is 14.8. The van der Waals surface area contributed by atoms with E-state index in [-0.39, 0.29) is 16.7 Å². The van der Waals surface area contributed by atoms with Crippen molar-refractivity contribution in [3.63, 3.8) is 0 Å². The van der Waals surface area contributed by atoms with Crippen LogP contribution in [0.4, 0.5) is 8.78 Å². The van der Waals surface area contributed by atoms with Crippen molar-refractivity contribution in [2.75, 3.05) is 12.3 Å². The van der Waals surface area contributed by atoms with Gasteiger partial charge in [-0.05, 0) is 18.2 Å². The van der Waals surface area contributed by atoms with Gasteiger partial charge in [0.25, 0.3) is 0 Å². The van der Waals surface area contributed by atoms with E-state index in [4.69, 9.17) is 0 Å². The molecule has 1 aromatic carbocycles. The molecular formula is C12H17F2NO2S. The minimum absolute atomic E-state index is 0.00913. The first-order valence-electron chi connectivity index (χ1n) is 5.65. The lowest BCUT2D eigenvalue weighted by molar-refractivity contribution is 0.191. The van der Waals surface area contributed by atoms with Crippen LogP contribution in [0.25, 0.3) is 0 Å². The zero-order chi connectivity index (χ0) is 13.7. The predicted molar refractivity (Wildman–Crippen MR) is 66.8 cm³/mol. The molecule has 0 radical (unpaired) electrons. The number of nitrogens with one attached hydrogen (secondary N) is 1. The fourth-order valence-electron chi connectivity index (χ4n) is 1.32. The summed E-state index contributed by atoms with van der Waals surface area (Å²) in [5.74, 6) is -2.02. The molecule has 0 aromatic heterocycles. The first-order chi connectivity index (χ1) is 8.40. The standard InChI is InChI=1S/C12H17F2NO2S/c1-8(2)15-6-9(16)7-18(17)10-3-4-11(13)12(14)5-10/h3-5,8-9,15-16H,6-7H2,1-2H3. The molecule has 0 aliphatic carbocycles. The van der Waals surface area contributed by atoms with Crippen molar-refractivity contribution in [1.82, 2.24) is 5.32 Å². The summed E-state index contributed by atoms with van der Waals surface area (Å²) in [6, 6.07) is 3.31. The van der Waals surface area contributed by atoms with Gasteiger partial charge >= 0.3 is 0 Å². The number of aliphatic hydroxyl groups is 1. The van der Waals surface area contributed by atoms with Crippen molar-refractivity contribution < 1.29 is 18.1 Å². The van der Waals surface area contributed by atoms with Crippen LogP contribution in [0.3, 0.4) is 0 Å². The Bertz CT molecular complexity index is 427. The maximum Gasteiger partial charge on any atom is 0.160 e. The van der Waals surface area contributed by atoms with Gasteiger partial charge in [-0.25, -0.2) is 8.78 Å². The summed E-state index contributed by atoms with van der Waals surface area (Å²) < 4.78 is 37.4. The van der Waals surface area contributed by atoms with Crippen LogP contribution in [0.5, 0.6) is 0 Å². The minimum Gasteiger partial charge on any atom is -0.391 e. The molecule has 2 N–H and O–H groups in total. The Kier molecular flexibility index (Phi) is 5.84. The summed E-state index contributed by atoms with van der Waals surface area (Å²) in [7, 11) is -1.54. The van der Waals surface area contributed by atoms with Crippen LogP contribution in [0, 0.1) is 11.6 Å². The summed E-state index contributed by atoms with van der Waals surface area (Å²) in [4.78, 5) is 0.178. The summed E-state index contributed by atoms with van der Waals surface area (Å²) >= 11 is 0. The lowest BCUT2D eigenvalue weighted by Crippen LogP contribution is -2.34. The molecule has 0 saturated carbocycles. The summed E-state index contributed by atoms with van der Waals surface area (Å²) in [5.41, 5.74) is 0. The zero-order valence-electron chi connectivity index (χ0n) is 10.3. The van der Waals surface area contributed by atoms with Crippen molar-refractivity contribution in [2.24, 2.45) is 0 Å². The van der Waals surface area contributed by atoms with Gasteiger partial charge in [-0.1, -0.05) is 13.8 Å². The van der Waals surface area contributed by atoms with Gasteiger partial charge in [0.05, 0.1) is 22.7 Å². The van der Waals surface area contributed by atoms with Crippen molar-refractivity contribution in [1.29, 1.82) is 0 Å². The van der Waals surface area contributed by atoms with E-state index in [9.17, 15) is 18.1 Å². The predicted octanol–water partition coefficient (Wildman–Crippen LogP) is 1.43. The van der Waals surface area contributed by atoms with E-state index >= 15 is 0 Å². The molecule has 1 rings (SSSR count). The van der Waals surface area contributed by atoms with E-state index in [1.165, 1.54) is 6.07 Å². The maximum absolute atomic E-state index is 12.9. The van der Waals surface area contributed by atoms with Crippen molar-refractivity contribution in [2.45, 2.75) is 30.9 Å². The SMILES string of the molecule is CC(C)NCC(O)CS(=O)c1ccc(F)c(F)c1. The van der Waals surface area contributed by atoms with Crippen molar-refractivity contribution in [3.05, 3.63) is 29.8 Å². The van der Waals surface area contributed by atoms with Gasteiger partial charge in [0.1, 0.15) is 0 Å². The summed E-state index contributed by atoms with van der Waals surface area (Å²) in [6.45, 7) is 4.17. The Morgan fingerprint density at radius 2 is 2.00 bits per heavy atom. The Labute approximate surface area is 108 Å². The van der Waals surface area contributed by atoms with Gasteiger partial charge in [0.2, 0.25) is 0 Å². The van der Waals surface area contributed by atoms with E-state index in [0.717, 1.165) is 12.1 Å². The molecule has 1 aromatic rings. The summed E-state index contributed by atoms with van der Waals surface area (Å²) in [6.07, 6.45) is -0.790. The smallest absolute Gasteiger partial charge is 0.160 e. The number of hydrogen-bond acceptors (Lipinski definition) is 3. The molecule has 0 saturated heterocycles. The highest BCUT2D eigenvalue weighted by molar-refractivity contribution is 7.85. The number of rotatable bonds is 6. The van der Waals surface area contributed by atoms with E-state index in [1.807, 2.05) is 13.8 Å². The van der Waals surface area contributed by atoms with Crippen LogP contribution in [0.2, 0.25) is 0 Å². The molecular weight excluding hydrogens is 260 g/mol. The maximum atomic E-state index is 12.9. The molecule has 2 atom stereocenters. The van der Waals surface area contributed by atoms with Crippen LogP contribution < -0.4 is 5.32 Å². The van der Waals surface area contributed by atoms with Gasteiger partial charge < -0.3 is 10.4 Å². The van der Waals surface area contributed by atoms with Crippen LogP contribution in [0.1, 0.15) is 13.8 Å². The molecule has 102 valence electrons. The number of hydrogen-bond donors (Lipinski definition) is 2. The lowest BCUT2D eigenvalue weighted by Gasteiger charge is -2.13. The molecule has 18 heavy (non-hydrogen) atoms. The third-order valence-electron chi connectivity index (χ3n) is 2.26. The molecule has 0 heterocycles. The van der Waals surface area contributed by atoms with Gasteiger partial charge in [0.15, 0.2) is 11.6 Å². The Hall–Kier alpha value is -0.850. The molecule has 0 aliphatic rings. The van der Waals surface area contributed by atoms with E-state index in [2.05, 4.69) is 5.32 Å². The second-order valence-electron chi connectivity index (χ2n) is 4.30. The number of benzene rings is 1. The third kappa shape index (κ3) is 4.80. The fourth-order valence-corrected chi connectivity index (χ4v) is 2.43. The molecule has 2 unspecified atom stereocenters. The highest BCUT2D eigenvalue weighted by atomic mass is 32.2. The minimum atomic E-state index is -1.54. The van der Waals surface area contributed by atoms with Gasteiger partial charge in [-0.15, -0.1) is 0 Å². The van der Waals surface area contributed by atoms with E-state index in [0.29, 0.717) is 6.54 Å². The Morgan fingerprint density at radius 3 is 2.56 bits per heavy atom. The van der Waals surface area contributed by atoms with Crippen LogP contribution in [-0.4, -0.2) is 33.8 Å². The Balaban J connectivity index is 2.56. The fraction of sp³-hybridized carbons (Fsp3) is 0.500. The van der Waals surface area contributed by atoms with E-state index in [1.54, 1.807) is 0 Å². The third-order valence-corrected chi connectivity index (χ3v) is 3.73. The average molecular weight is 277 g/mol. The highest BCUT2D eigenvalue weighted by Gasteiger charge is 2.13. The number of halogens is 2. The number of aliphatic hydroxyl groups excluding tert-OH is 1. The molecule has 6 heteroatoms. The monoisotopic (exact) mass is 277 g/mol. The topological polar surface area (TPSA) is 49.3 Å². The first-order valence-corrected chi connectivity index (χ1v) is 6.97. The van der Waals surface area contributed by atoms with Crippen LogP contribution >= 0.6 is 0 Å². The van der Waals surface area contributed by atoms with Gasteiger partial charge in [-0.2, -0.15) is 0 Å². The van der Waals surface area contributed by atoms with Crippen molar-refractivity contribution >= 4 is 10.8 Å². The molecule has 0 spiro atoms. The molecule has 0 aliphatic heterocycles. The Morgan fingerprint density at radius 1 is 1.33 bits per heavy atom. The van der Waals surface area contributed by atoms with Crippen LogP contribution in [0.15, 0.2) is 23.1 Å². The van der Waals surface area contributed by atoms with Crippen LogP contribution in [-0.2, 0) is 10.8 Å². The highest BCUT2D eigenvalue weighted by Crippen LogP contribution is 2.13. The zero-order valence-corrected chi connectivity index (χ0v) is 11.1. The second kappa shape index (κ2) is 6.92. The molecule has 0 amide bonds. The van der Waals surface area contributed by atoms with Crippen molar-refractivity contribution in [3.8, 4) is 0 Å². The van der Waals surface area contributed by atoms with Gasteiger partial charge in [-0.3, -0.25) is 4.21 Å². The largest absolute Gasteiger partial charge is 0.391 e. The van der Waals surface area contributed by atoms with E-state index < -0.39 is 28.5 Å². The quantitative estimate of drug-likeness (QED) is 0.827. The first kappa shape index (κ1) is 15.2. The molecule has 0 fully saturated rings. The van der Waals surface area contributed by atoms with Gasteiger partial charge in [0, 0.05) is 17.5 Å². The lowest BCUT2D eigenvalue weighted by atomic mass is 10.3. The average Bonchev–Trinajstić information content (AvgIpc) is 2.30. The molecule has 0 bridgehead atoms. The summed E-state index contributed by atoms with van der Waals surface area (Å²) in [5, 5.41) is 12.6. The molecule has 3 nitrogen and oxygen atoms in total.